The van der Waals surface area contributed by atoms with E-state index in [9.17, 15) is 9.59 Å². The van der Waals surface area contributed by atoms with E-state index in [2.05, 4.69) is 25.2 Å². The van der Waals surface area contributed by atoms with Gasteiger partial charge in [0.2, 0.25) is 11.9 Å². The number of rotatable bonds is 9. The zero-order valence-electron chi connectivity index (χ0n) is 17.7. The molecule has 30 heavy (non-hydrogen) atoms. The predicted octanol–water partition coefficient (Wildman–Crippen LogP) is 1.96. The molecule has 1 atom stereocenters. The van der Waals surface area contributed by atoms with E-state index in [0.29, 0.717) is 37.6 Å². The molecule has 0 bridgehead atoms. The molecule has 162 valence electrons. The van der Waals surface area contributed by atoms with Crippen LogP contribution in [-0.2, 0) is 14.3 Å². The highest BCUT2D eigenvalue weighted by molar-refractivity contribution is 5.82. The first-order chi connectivity index (χ1) is 14.6. The van der Waals surface area contributed by atoms with Gasteiger partial charge in [0, 0.05) is 31.1 Å². The molecule has 2 aromatic rings. The van der Waals surface area contributed by atoms with Crippen LogP contribution in [0.15, 0.2) is 24.8 Å². The minimum atomic E-state index is -0.489. The van der Waals surface area contributed by atoms with Crippen molar-refractivity contribution < 1.29 is 14.3 Å². The Balaban J connectivity index is 1.76. The number of nitrogens with zero attached hydrogens (tertiary/aromatic N) is 5. The summed E-state index contributed by atoms with van der Waals surface area (Å²) in [6.07, 6.45) is 9.22. The number of aryl methyl sites for hydroxylation is 1. The molecular formula is C21H30N6O3. The number of piperidine rings is 1. The average Bonchev–Trinajstić information content (AvgIpc) is 3.27. The van der Waals surface area contributed by atoms with Gasteiger partial charge in [-0.25, -0.2) is 15.0 Å². The van der Waals surface area contributed by atoms with Crippen molar-refractivity contribution in [2.45, 2.75) is 52.0 Å². The normalized spacial score (nSPS) is 15.5. The third-order valence-electron chi connectivity index (χ3n) is 5.04. The molecule has 2 aromatic heterocycles. The topological polar surface area (TPSA) is 102 Å². The fourth-order valence-electron chi connectivity index (χ4n) is 3.65. The van der Waals surface area contributed by atoms with Gasteiger partial charge in [-0.15, -0.1) is 0 Å². The first kappa shape index (κ1) is 21.9. The molecule has 0 aromatic carbocycles. The Labute approximate surface area is 176 Å². The van der Waals surface area contributed by atoms with E-state index in [1.54, 1.807) is 30.2 Å². The van der Waals surface area contributed by atoms with Gasteiger partial charge < -0.3 is 10.1 Å². The number of hydrogen-bond acceptors (Lipinski definition) is 7. The second kappa shape index (κ2) is 10.8. The van der Waals surface area contributed by atoms with E-state index in [0.717, 1.165) is 31.6 Å². The molecular weight excluding hydrogens is 384 g/mol. The molecule has 1 unspecified atom stereocenters. The minimum Gasteiger partial charge on any atom is -0.466 e. The van der Waals surface area contributed by atoms with E-state index >= 15 is 0 Å². The third-order valence-corrected chi connectivity index (χ3v) is 5.04. The molecule has 1 fully saturated rings. The highest BCUT2D eigenvalue weighted by Crippen LogP contribution is 2.25. The first-order valence-electron chi connectivity index (χ1n) is 10.6. The van der Waals surface area contributed by atoms with E-state index in [1.165, 1.54) is 6.42 Å². The van der Waals surface area contributed by atoms with Crippen molar-refractivity contribution in [3.05, 3.63) is 36.2 Å². The molecule has 1 saturated heterocycles. The summed E-state index contributed by atoms with van der Waals surface area (Å²) in [6.45, 7) is 6.17. The number of carbonyl (C=O) groups excluding carboxylic acids is 2. The van der Waals surface area contributed by atoms with Crippen molar-refractivity contribution in [3.63, 3.8) is 0 Å². The molecule has 0 saturated carbocycles. The van der Waals surface area contributed by atoms with Crippen molar-refractivity contribution in [2.75, 3.05) is 26.2 Å². The highest BCUT2D eigenvalue weighted by atomic mass is 16.5. The summed E-state index contributed by atoms with van der Waals surface area (Å²) in [5, 5.41) is 2.98. The summed E-state index contributed by atoms with van der Waals surface area (Å²) < 4.78 is 6.68. The number of likely N-dealkylation sites (tertiary alicyclic amines) is 1. The second-order valence-corrected chi connectivity index (χ2v) is 7.40. The lowest BCUT2D eigenvalue weighted by Crippen LogP contribution is -2.43. The molecule has 3 heterocycles. The second-order valence-electron chi connectivity index (χ2n) is 7.40. The van der Waals surface area contributed by atoms with Gasteiger partial charge in [-0.3, -0.25) is 19.1 Å². The Morgan fingerprint density at radius 2 is 2.03 bits per heavy atom. The molecule has 1 N–H and O–H groups in total. The molecule has 3 rings (SSSR count). The number of hydrogen-bond donors (Lipinski definition) is 1. The maximum atomic E-state index is 13.2. The lowest BCUT2D eigenvalue weighted by Gasteiger charge is -2.33. The average molecular weight is 415 g/mol. The highest BCUT2D eigenvalue weighted by Gasteiger charge is 2.30. The summed E-state index contributed by atoms with van der Waals surface area (Å²) in [5.74, 6) is 0.158. The Morgan fingerprint density at radius 3 is 2.73 bits per heavy atom. The van der Waals surface area contributed by atoms with Crippen LogP contribution in [0.2, 0.25) is 0 Å². The van der Waals surface area contributed by atoms with Crippen LogP contribution in [0.3, 0.4) is 0 Å². The number of carbonyl (C=O) groups is 2. The smallest absolute Gasteiger partial charge is 0.305 e. The van der Waals surface area contributed by atoms with Crippen LogP contribution in [0, 0.1) is 6.92 Å². The maximum absolute atomic E-state index is 13.2. The van der Waals surface area contributed by atoms with Crippen molar-refractivity contribution in [1.82, 2.24) is 29.7 Å². The van der Waals surface area contributed by atoms with Crippen molar-refractivity contribution in [3.8, 4) is 5.95 Å². The number of esters is 1. The van der Waals surface area contributed by atoms with Gasteiger partial charge in [0.15, 0.2) is 0 Å². The number of aromatic nitrogens is 4. The fraction of sp³-hybridized carbons (Fsp3) is 0.571. The monoisotopic (exact) mass is 414 g/mol. The summed E-state index contributed by atoms with van der Waals surface area (Å²) >= 11 is 0. The molecule has 1 aliphatic rings. The molecule has 0 spiro atoms. The maximum Gasteiger partial charge on any atom is 0.305 e. The standard InChI is InChI=1S/C21H30N6O3/c1-3-30-18(28)8-7-9-23-20(29)19(26-11-5-4-6-12-26)17-14-16(2)24-21(25-17)27-13-10-22-15-27/h10,13-15,19H,3-9,11-12H2,1-2H3,(H,23,29). The molecule has 9 heteroatoms. The Kier molecular flexibility index (Phi) is 7.89. The van der Waals surface area contributed by atoms with E-state index in [-0.39, 0.29) is 11.9 Å². The zero-order valence-corrected chi connectivity index (χ0v) is 17.7. The van der Waals surface area contributed by atoms with Crippen molar-refractivity contribution in [2.24, 2.45) is 0 Å². The summed E-state index contributed by atoms with van der Waals surface area (Å²) in [7, 11) is 0. The van der Waals surface area contributed by atoms with Crippen LogP contribution in [-0.4, -0.2) is 62.5 Å². The first-order valence-corrected chi connectivity index (χ1v) is 10.6. The lowest BCUT2D eigenvalue weighted by atomic mass is 10.0. The van der Waals surface area contributed by atoms with Crippen molar-refractivity contribution in [1.29, 1.82) is 0 Å². The van der Waals surface area contributed by atoms with Gasteiger partial charge >= 0.3 is 5.97 Å². The number of ether oxygens (including phenoxy) is 1. The Hall–Kier alpha value is -2.81. The number of nitrogens with one attached hydrogen (secondary N) is 1. The largest absolute Gasteiger partial charge is 0.466 e. The summed E-state index contributed by atoms with van der Waals surface area (Å²) in [5.41, 5.74) is 1.47. The van der Waals surface area contributed by atoms with Gasteiger partial charge in [0.25, 0.3) is 0 Å². The van der Waals surface area contributed by atoms with Crippen LogP contribution < -0.4 is 5.32 Å². The van der Waals surface area contributed by atoms with Crippen LogP contribution in [0.25, 0.3) is 5.95 Å². The molecule has 9 nitrogen and oxygen atoms in total. The summed E-state index contributed by atoms with van der Waals surface area (Å²) in [4.78, 5) is 40.1. The van der Waals surface area contributed by atoms with E-state index in [4.69, 9.17) is 4.74 Å². The van der Waals surface area contributed by atoms with Crippen molar-refractivity contribution >= 4 is 11.9 Å². The van der Waals surface area contributed by atoms with Crippen LogP contribution in [0.4, 0.5) is 0 Å². The summed E-state index contributed by atoms with van der Waals surface area (Å²) in [6, 6.07) is 1.38. The molecule has 1 amide bonds. The molecule has 0 radical (unpaired) electrons. The van der Waals surface area contributed by atoms with Gasteiger partial charge in [-0.05, 0) is 52.3 Å². The van der Waals surface area contributed by atoms with Crippen LogP contribution in [0.1, 0.15) is 56.5 Å². The minimum absolute atomic E-state index is 0.101. The molecule has 0 aliphatic carbocycles. The number of imidazole rings is 1. The van der Waals surface area contributed by atoms with Crippen LogP contribution in [0.5, 0.6) is 0 Å². The number of amides is 1. The molecule has 1 aliphatic heterocycles. The van der Waals surface area contributed by atoms with Gasteiger partial charge in [-0.2, -0.15) is 0 Å². The van der Waals surface area contributed by atoms with Gasteiger partial charge in [0.1, 0.15) is 12.4 Å². The van der Waals surface area contributed by atoms with Gasteiger partial charge in [-0.1, -0.05) is 6.42 Å². The third kappa shape index (κ3) is 5.85. The van der Waals surface area contributed by atoms with E-state index < -0.39 is 6.04 Å². The fourth-order valence-corrected chi connectivity index (χ4v) is 3.65. The SMILES string of the molecule is CCOC(=O)CCCNC(=O)C(c1cc(C)nc(-n2ccnc2)n1)N1CCCCC1. The Morgan fingerprint density at radius 1 is 1.23 bits per heavy atom. The Bertz CT molecular complexity index is 833. The lowest BCUT2D eigenvalue weighted by molar-refractivity contribution is -0.143. The van der Waals surface area contributed by atoms with E-state index in [1.807, 2.05) is 13.0 Å². The zero-order chi connectivity index (χ0) is 21.3. The quantitative estimate of drug-likeness (QED) is 0.494. The predicted molar refractivity (Wildman–Crippen MR) is 111 cm³/mol. The van der Waals surface area contributed by atoms with Crippen LogP contribution >= 0.6 is 0 Å². The van der Waals surface area contributed by atoms with Gasteiger partial charge in [0.05, 0.1) is 12.3 Å².